The van der Waals surface area contributed by atoms with E-state index in [0.29, 0.717) is 12.1 Å². The summed E-state index contributed by atoms with van der Waals surface area (Å²) in [4.78, 5) is 2.46. The Morgan fingerprint density at radius 1 is 1.25 bits per heavy atom. The zero-order chi connectivity index (χ0) is 10.7. The first-order valence-corrected chi connectivity index (χ1v) is 6.33. The van der Waals surface area contributed by atoms with Crippen LogP contribution in [0, 0.1) is 5.92 Å². The summed E-state index contributed by atoms with van der Waals surface area (Å²) in [7, 11) is 0. The van der Waals surface area contributed by atoms with Crippen molar-refractivity contribution in [2.45, 2.75) is 44.8 Å². The SMILES string of the molecule is CC(N)CN1CCC(OCC2CC2)CC1.Cl. The molecule has 2 aliphatic rings. The molecule has 4 heteroatoms. The lowest BCUT2D eigenvalue weighted by Crippen LogP contribution is -2.42. The number of halogens is 1. The van der Waals surface area contributed by atoms with Crippen LogP contribution in [-0.2, 0) is 4.74 Å². The average Bonchev–Trinajstić information content (AvgIpc) is 2.99. The van der Waals surface area contributed by atoms with Crippen LogP contribution in [0.3, 0.4) is 0 Å². The van der Waals surface area contributed by atoms with Crippen LogP contribution in [0.2, 0.25) is 0 Å². The molecule has 1 atom stereocenters. The van der Waals surface area contributed by atoms with Gasteiger partial charge in [-0.1, -0.05) is 0 Å². The highest BCUT2D eigenvalue weighted by molar-refractivity contribution is 5.85. The average molecular weight is 249 g/mol. The minimum Gasteiger partial charge on any atom is -0.378 e. The molecule has 1 heterocycles. The van der Waals surface area contributed by atoms with Crippen LogP contribution in [0.5, 0.6) is 0 Å². The van der Waals surface area contributed by atoms with E-state index in [1.54, 1.807) is 0 Å². The minimum absolute atomic E-state index is 0. The molecule has 0 aromatic heterocycles. The van der Waals surface area contributed by atoms with Gasteiger partial charge in [0.1, 0.15) is 0 Å². The lowest BCUT2D eigenvalue weighted by atomic mass is 10.1. The first kappa shape index (κ1) is 14.2. The van der Waals surface area contributed by atoms with E-state index in [1.807, 2.05) is 0 Å². The van der Waals surface area contributed by atoms with Crippen molar-refractivity contribution in [2.24, 2.45) is 11.7 Å². The maximum absolute atomic E-state index is 5.90. The quantitative estimate of drug-likeness (QED) is 0.804. The highest BCUT2D eigenvalue weighted by Gasteiger charge is 2.25. The molecule has 0 radical (unpaired) electrons. The summed E-state index contributed by atoms with van der Waals surface area (Å²) in [5, 5.41) is 0. The van der Waals surface area contributed by atoms with Crippen molar-refractivity contribution in [2.75, 3.05) is 26.2 Å². The second kappa shape index (κ2) is 6.80. The third-order valence-corrected chi connectivity index (χ3v) is 3.35. The van der Waals surface area contributed by atoms with Crippen LogP contribution >= 0.6 is 12.4 Å². The molecule has 0 aromatic carbocycles. The number of piperidine rings is 1. The van der Waals surface area contributed by atoms with E-state index in [4.69, 9.17) is 10.5 Å². The Bertz CT molecular complexity index is 189. The third kappa shape index (κ3) is 5.00. The van der Waals surface area contributed by atoms with Gasteiger partial charge in [0, 0.05) is 32.3 Å². The number of hydrogen-bond acceptors (Lipinski definition) is 3. The normalized spacial score (nSPS) is 25.1. The molecule has 0 bridgehead atoms. The van der Waals surface area contributed by atoms with Gasteiger partial charge < -0.3 is 15.4 Å². The Hall–Kier alpha value is 0.170. The Kier molecular flexibility index (Phi) is 6.05. The van der Waals surface area contributed by atoms with Crippen LogP contribution in [0.25, 0.3) is 0 Å². The molecule has 0 amide bonds. The molecule has 1 saturated heterocycles. The van der Waals surface area contributed by atoms with Gasteiger partial charge in [0.2, 0.25) is 0 Å². The van der Waals surface area contributed by atoms with Crippen molar-refractivity contribution in [1.82, 2.24) is 4.90 Å². The summed E-state index contributed by atoms with van der Waals surface area (Å²) >= 11 is 0. The summed E-state index contributed by atoms with van der Waals surface area (Å²) < 4.78 is 5.90. The summed E-state index contributed by atoms with van der Waals surface area (Å²) in [5.41, 5.74) is 5.79. The van der Waals surface area contributed by atoms with Crippen molar-refractivity contribution >= 4 is 12.4 Å². The van der Waals surface area contributed by atoms with Gasteiger partial charge in [-0.2, -0.15) is 0 Å². The van der Waals surface area contributed by atoms with Crippen LogP contribution in [0.15, 0.2) is 0 Å². The topological polar surface area (TPSA) is 38.5 Å². The van der Waals surface area contributed by atoms with Crippen LogP contribution in [0.1, 0.15) is 32.6 Å². The van der Waals surface area contributed by atoms with Gasteiger partial charge in [-0.15, -0.1) is 12.4 Å². The number of rotatable bonds is 5. The van der Waals surface area contributed by atoms with Gasteiger partial charge in [0.15, 0.2) is 0 Å². The fraction of sp³-hybridized carbons (Fsp3) is 1.00. The van der Waals surface area contributed by atoms with E-state index >= 15 is 0 Å². The predicted octanol–water partition coefficient (Wildman–Crippen LogP) is 1.65. The Labute approximate surface area is 105 Å². The van der Waals surface area contributed by atoms with Gasteiger partial charge in [-0.3, -0.25) is 0 Å². The number of nitrogens with zero attached hydrogens (tertiary/aromatic N) is 1. The second-order valence-electron chi connectivity index (χ2n) is 5.25. The Morgan fingerprint density at radius 3 is 2.38 bits per heavy atom. The number of likely N-dealkylation sites (tertiary alicyclic amines) is 1. The van der Waals surface area contributed by atoms with Crippen LogP contribution in [-0.4, -0.2) is 43.3 Å². The molecule has 1 unspecified atom stereocenters. The molecule has 96 valence electrons. The van der Waals surface area contributed by atoms with Gasteiger partial charge in [-0.25, -0.2) is 0 Å². The maximum Gasteiger partial charge on any atom is 0.0599 e. The van der Waals surface area contributed by atoms with E-state index in [-0.39, 0.29) is 12.4 Å². The molecule has 2 N–H and O–H groups in total. The number of nitrogens with two attached hydrogens (primary N) is 1. The van der Waals surface area contributed by atoms with E-state index < -0.39 is 0 Å². The molecule has 1 saturated carbocycles. The fourth-order valence-corrected chi connectivity index (χ4v) is 2.22. The van der Waals surface area contributed by atoms with Crippen LogP contribution < -0.4 is 5.73 Å². The summed E-state index contributed by atoms with van der Waals surface area (Å²) in [6.45, 7) is 6.46. The molecule has 16 heavy (non-hydrogen) atoms. The summed E-state index contributed by atoms with van der Waals surface area (Å²) in [5.74, 6) is 0.895. The minimum atomic E-state index is 0. The van der Waals surface area contributed by atoms with E-state index in [0.717, 1.165) is 32.2 Å². The monoisotopic (exact) mass is 248 g/mol. The summed E-state index contributed by atoms with van der Waals surface area (Å²) in [6, 6.07) is 0.300. The zero-order valence-electron chi connectivity index (χ0n) is 10.2. The molecular weight excluding hydrogens is 224 g/mol. The number of ether oxygens (including phenoxy) is 1. The summed E-state index contributed by atoms with van der Waals surface area (Å²) in [6.07, 6.45) is 5.70. The highest BCUT2D eigenvalue weighted by atomic mass is 35.5. The highest BCUT2D eigenvalue weighted by Crippen LogP contribution is 2.30. The molecule has 1 aliphatic carbocycles. The first-order chi connectivity index (χ1) is 7.24. The van der Waals surface area contributed by atoms with Crippen molar-refractivity contribution in [3.63, 3.8) is 0 Å². The Morgan fingerprint density at radius 2 is 1.88 bits per heavy atom. The smallest absolute Gasteiger partial charge is 0.0599 e. The van der Waals surface area contributed by atoms with E-state index in [1.165, 1.54) is 25.7 Å². The molecular formula is C12H25ClN2O. The molecule has 0 spiro atoms. The predicted molar refractivity (Wildman–Crippen MR) is 69.0 cm³/mol. The van der Waals surface area contributed by atoms with E-state index in [2.05, 4.69) is 11.8 Å². The molecule has 3 nitrogen and oxygen atoms in total. The van der Waals surface area contributed by atoms with Gasteiger partial charge in [-0.05, 0) is 38.5 Å². The fourth-order valence-electron chi connectivity index (χ4n) is 2.22. The van der Waals surface area contributed by atoms with E-state index in [9.17, 15) is 0 Å². The zero-order valence-corrected chi connectivity index (χ0v) is 11.0. The molecule has 1 aliphatic heterocycles. The lowest BCUT2D eigenvalue weighted by Gasteiger charge is -2.32. The van der Waals surface area contributed by atoms with Gasteiger partial charge in [0.25, 0.3) is 0 Å². The van der Waals surface area contributed by atoms with Gasteiger partial charge >= 0.3 is 0 Å². The van der Waals surface area contributed by atoms with Crippen molar-refractivity contribution in [1.29, 1.82) is 0 Å². The van der Waals surface area contributed by atoms with Crippen LogP contribution in [0.4, 0.5) is 0 Å². The molecule has 2 rings (SSSR count). The van der Waals surface area contributed by atoms with Crippen molar-refractivity contribution in [3.05, 3.63) is 0 Å². The van der Waals surface area contributed by atoms with Crippen molar-refractivity contribution in [3.8, 4) is 0 Å². The standard InChI is InChI=1S/C12H24N2O.ClH/c1-10(13)8-14-6-4-12(5-7-14)15-9-11-2-3-11;/h10-12H,2-9,13H2,1H3;1H. The lowest BCUT2D eigenvalue weighted by molar-refractivity contribution is 0.00182. The second-order valence-corrected chi connectivity index (χ2v) is 5.25. The largest absolute Gasteiger partial charge is 0.378 e. The van der Waals surface area contributed by atoms with Gasteiger partial charge in [0.05, 0.1) is 6.10 Å². The Balaban J connectivity index is 0.00000128. The molecule has 0 aromatic rings. The number of hydrogen-bond donors (Lipinski definition) is 1. The first-order valence-electron chi connectivity index (χ1n) is 6.33. The maximum atomic E-state index is 5.90. The van der Waals surface area contributed by atoms with Crippen molar-refractivity contribution < 1.29 is 4.74 Å². The molecule has 2 fully saturated rings. The third-order valence-electron chi connectivity index (χ3n) is 3.35.